The van der Waals surface area contributed by atoms with Crippen molar-refractivity contribution in [2.24, 2.45) is 11.3 Å². The van der Waals surface area contributed by atoms with Crippen molar-refractivity contribution in [2.75, 3.05) is 6.79 Å². The van der Waals surface area contributed by atoms with Crippen LogP contribution in [0.5, 0.6) is 11.5 Å². The van der Waals surface area contributed by atoms with Gasteiger partial charge < -0.3 is 14.8 Å². The molecule has 1 aliphatic heterocycles. The lowest BCUT2D eigenvalue weighted by molar-refractivity contribution is -0.123. The molecule has 8 heteroatoms. The van der Waals surface area contributed by atoms with Crippen LogP contribution in [-0.4, -0.2) is 29.1 Å². The summed E-state index contributed by atoms with van der Waals surface area (Å²) in [6.07, 6.45) is 7.57. The van der Waals surface area contributed by atoms with Crippen molar-refractivity contribution in [2.45, 2.75) is 66.0 Å². The number of fused-ring (bicyclic) bond motifs is 1. The number of hydrogen-bond acceptors (Lipinski definition) is 6. The largest absolute Gasteiger partial charge is 0.454 e. The van der Waals surface area contributed by atoms with Crippen LogP contribution in [0.2, 0.25) is 0 Å². The summed E-state index contributed by atoms with van der Waals surface area (Å²) < 4.78 is 13.1. The molecule has 0 spiro atoms. The third-order valence-electron chi connectivity index (χ3n) is 6.38. The summed E-state index contributed by atoms with van der Waals surface area (Å²) in [4.78, 5) is 39.0. The Morgan fingerprint density at radius 3 is 2.65 bits per heavy atom. The second-order valence-corrected chi connectivity index (χ2v) is 11.2. The highest BCUT2D eigenvalue weighted by atomic mass is 32.1. The number of ketones is 1. The molecule has 1 N–H and O–H groups in total. The molecule has 34 heavy (non-hydrogen) atoms. The van der Waals surface area contributed by atoms with Crippen molar-refractivity contribution in [3.8, 4) is 11.5 Å². The molecule has 2 heterocycles. The zero-order valence-corrected chi connectivity index (χ0v) is 21.0. The van der Waals surface area contributed by atoms with Gasteiger partial charge in [-0.15, -0.1) is 11.3 Å². The normalized spacial score (nSPS) is 21.1. The molecule has 1 saturated carbocycles. The van der Waals surface area contributed by atoms with Crippen molar-refractivity contribution in [1.82, 2.24) is 9.88 Å². The predicted molar refractivity (Wildman–Crippen MR) is 132 cm³/mol. The zero-order valence-electron chi connectivity index (χ0n) is 20.2. The maximum Gasteiger partial charge on any atom is 0.269 e. The topological polar surface area (TPSA) is 86.6 Å². The van der Waals surface area contributed by atoms with Gasteiger partial charge in [-0.05, 0) is 42.5 Å². The van der Waals surface area contributed by atoms with Crippen molar-refractivity contribution < 1.29 is 19.1 Å². The third-order valence-corrected chi connectivity index (χ3v) is 7.44. The van der Waals surface area contributed by atoms with E-state index in [4.69, 9.17) is 9.47 Å². The number of hydrogen-bond donors (Lipinski definition) is 1. The molecule has 182 valence electrons. The molecule has 0 saturated heterocycles. The Hall–Kier alpha value is -2.87. The Kier molecular flexibility index (Phi) is 6.98. The summed E-state index contributed by atoms with van der Waals surface area (Å²) in [5.74, 6) is 1.41. The summed E-state index contributed by atoms with van der Waals surface area (Å²) in [5.41, 5.74) is -0.0994. The van der Waals surface area contributed by atoms with Gasteiger partial charge in [-0.3, -0.25) is 19.0 Å². The van der Waals surface area contributed by atoms with Crippen molar-refractivity contribution in [1.29, 1.82) is 0 Å². The van der Waals surface area contributed by atoms with E-state index in [1.807, 2.05) is 32.9 Å². The summed E-state index contributed by atoms with van der Waals surface area (Å²) in [7, 11) is 0. The van der Waals surface area contributed by atoms with Crippen molar-refractivity contribution in [3.05, 3.63) is 43.3 Å². The van der Waals surface area contributed by atoms with Crippen LogP contribution < -0.4 is 29.5 Å². The van der Waals surface area contributed by atoms with Gasteiger partial charge in [0.1, 0.15) is 11.2 Å². The van der Waals surface area contributed by atoms with Gasteiger partial charge >= 0.3 is 0 Å². The van der Waals surface area contributed by atoms with Gasteiger partial charge in [-0.1, -0.05) is 46.6 Å². The number of aromatic nitrogens is 1. The number of carbonyl (C=O) groups is 2. The minimum absolute atomic E-state index is 0.0987. The Balaban J connectivity index is 1.70. The number of carbonyl (C=O) groups excluding carboxylic acids is 2. The lowest BCUT2D eigenvalue weighted by atomic mass is 9.86. The first-order chi connectivity index (χ1) is 16.1. The number of nitrogens with one attached hydrogen (secondary N) is 1. The maximum absolute atomic E-state index is 13.3. The van der Waals surface area contributed by atoms with E-state index < -0.39 is 5.41 Å². The van der Waals surface area contributed by atoms with E-state index >= 15 is 0 Å². The van der Waals surface area contributed by atoms with Crippen LogP contribution in [0.3, 0.4) is 0 Å². The second-order valence-electron chi connectivity index (χ2n) is 10.1. The number of Topliss-reactive ketones (excluding diaryl/α,β-unsaturated/α-hetero) is 1. The van der Waals surface area contributed by atoms with E-state index in [9.17, 15) is 14.4 Å². The Labute approximate surface area is 203 Å². The average molecular weight is 485 g/mol. The first-order valence-corrected chi connectivity index (χ1v) is 12.6. The third kappa shape index (κ3) is 5.43. The summed E-state index contributed by atoms with van der Waals surface area (Å²) in [6, 6.07) is 5.58. The summed E-state index contributed by atoms with van der Waals surface area (Å²) in [6.45, 7) is 7.71. The summed E-state index contributed by atoms with van der Waals surface area (Å²) >= 11 is 1.21. The molecule has 0 radical (unpaired) electrons. The molecule has 7 nitrogen and oxygen atoms in total. The average Bonchev–Trinajstić information content (AvgIpc) is 3.35. The number of thiazole rings is 1. The molecule has 0 unspecified atom stereocenters. The standard InChI is InChI=1S/C26H32N2O5S/c1-16-7-5-6-8-18(16)27-23(30)14-28-24(13-22(29)26(2,3)4)34-21(25(28)31)12-17-9-10-19-20(11-17)33-15-32-19/h9-13,16,18H,5-8,14-15H2,1-4H3,(H,27,30)/b21-12+,24-13-/t16-,18-/m1/s1. The van der Waals surface area contributed by atoms with Crippen LogP contribution in [0, 0.1) is 11.3 Å². The van der Waals surface area contributed by atoms with Gasteiger partial charge in [-0.2, -0.15) is 0 Å². The highest BCUT2D eigenvalue weighted by Gasteiger charge is 2.24. The molecular weight excluding hydrogens is 452 g/mol. The van der Waals surface area contributed by atoms with Gasteiger partial charge in [-0.25, -0.2) is 0 Å². The van der Waals surface area contributed by atoms with Gasteiger partial charge in [0.05, 0.1) is 4.53 Å². The molecule has 0 bridgehead atoms. The van der Waals surface area contributed by atoms with E-state index in [0.717, 1.165) is 24.8 Å². The van der Waals surface area contributed by atoms with Crippen LogP contribution in [0.25, 0.3) is 12.2 Å². The van der Waals surface area contributed by atoms with Gasteiger partial charge in [0.25, 0.3) is 5.56 Å². The number of rotatable bonds is 5. The summed E-state index contributed by atoms with van der Waals surface area (Å²) in [5, 5.41) is 3.11. The maximum atomic E-state index is 13.3. The lowest BCUT2D eigenvalue weighted by Gasteiger charge is -2.29. The SMILES string of the molecule is C[C@@H]1CCCC[C@H]1NC(=O)Cn1c(=O)/c(=C\c2ccc3c(c2)OCO3)s/c1=C\C(=O)C(C)(C)C. The van der Waals surface area contributed by atoms with Gasteiger partial charge in [0, 0.05) is 17.5 Å². The molecule has 2 aliphatic rings. The monoisotopic (exact) mass is 484 g/mol. The zero-order chi connectivity index (χ0) is 24.5. The van der Waals surface area contributed by atoms with E-state index in [-0.39, 0.29) is 36.6 Å². The molecule has 1 aromatic heterocycles. The predicted octanol–water partition coefficient (Wildman–Crippen LogP) is 2.56. The smallest absolute Gasteiger partial charge is 0.269 e. The molecule has 1 fully saturated rings. The van der Waals surface area contributed by atoms with Gasteiger partial charge in [0.15, 0.2) is 17.3 Å². The highest BCUT2D eigenvalue weighted by molar-refractivity contribution is 7.07. The van der Waals surface area contributed by atoms with Crippen LogP contribution in [0.4, 0.5) is 0 Å². The van der Waals surface area contributed by atoms with Crippen LogP contribution in [0.15, 0.2) is 23.0 Å². The van der Waals surface area contributed by atoms with Gasteiger partial charge in [0.2, 0.25) is 12.7 Å². The Morgan fingerprint density at radius 2 is 1.91 bits per heavy atom. The molecule has 4 rings (SSSR count). The molecule has 1 aromatic carbocycles. The highest BCUT2D eigenvalue weighted by Crippen LogP contribution is 2.32. The van der Waals surface area contributed by atoms with Crippen molar-refractivity contribution in [3.63, 3.8) is 0 Å². The van der Waals surface area contributed by atoms with E-state index in [0.29, 0.717) is 26.6 Å². The second kappa shape index (κ2) is 9.78. The fourth-order valence-corrected chi connectivity index (χ4v) is 5.24. The van der Waals surface area contributed by atoms with E-state index in [1.165, 1.54) is 28.4 Å². The molecule has 1 amide bonds. The fraction of sp³-hybridized carbons (Fsp3) is 0.500. The van der Waals surface area contributed by atoms with Crippen LogP contribution in [0.1, 0.15) is 58.9 Å². The first kappa shape index (κ1) is 24.3. The first-order valence-electron chi connectivity index (χ1n) is 11.8. The molecular formula is C26H32N2O5S. The number of amides is 1. The number of ether oxygens (including phenoxy) is 2. The van der Waals surface area contributed by atoms with Crippen LogP contribution >= 0.6 is 11.3 Å². The minimum Gasteiger partial charge on any atom is -0.454 e. The van der Waals surface area contributed by atoms with E-state index in [2.05, 4.69) is 12.2 Å². The van der Waals surface area contributed by atoms with Crippen molar-refractivity contribution >= 4 is 35.2 Å². The quantitative estimate of drug-likeness (QED) is 0.705. The molecule has 2 atom stereocenters. The van der Waals surface area contributed by atoms with Crippen LogP contribution in [-0.2, 0) is 16.1 Å². The van der Waals surface area contributed by atoms with E-state index in [1.54, 1.807) is 12.1 Å². The lowest BCUT2D eigenvalue weighted by Crippen LogP contribution is -2.45. The minimum atomic E-state index is -0.591. The number of benzene rings is 1. The fourth-order valence-electron chi connectivity index (χ4n) is 4.20. The molecule has 2 aromatic rings. The Bertz CT molecular complexity index is 1270. The Morgan fingerprint density at radius 1 is 1.18 bits per heavy atom. The number of nitrogens with zero attached hydrogens (tertiary/aromatic N) is 1. The molecule has 1 aliphatic carbocycles.